The first-order chi connectivity index (χ1) is 9.16. The van der Waals surface area contributed by atoms with Gasteiger partial charge >= 0.3 is 0 Å². The molecule has 4 nitrogen and oxygen atoms in total. The fourth-order valence-corrected chi connectivity index (χ4v) is 1.80. The molecule has 1 amide bonds. The molecule has 0 aliphatic carbocycles. The molecule has 0 saturated carbocycles. The quantitative estimate of drug-likeness (QED) is 0.763. The van der Waals surface area contributed by atoms with Gasteiger partial charge in [0.2, 0.25) is 5.91 Å². The molecule has 5 N–H and O–H groups in total. The van der Waals surface area contributed by atoms with Crippen LogP contribution in [0.25, 0.3) is 0 Å². The molecule has 1 unspecified atom stereocenters. The summed E-state index contributed by atoms with van der Waals surface area (Å²) in [5.41, 5.74) is 13.8. The van der Waals surface area contributed by atoms with Crippen molar-refractivity contribution < 1.29 is 4.79 Å². The molecule has 0 radical (unpaired) electrons. The van der Waals surface area contributed by atoms with Gasteiger partial charge < -0.3 is 16.8 Å². The smallest absolute Gasteiger partial charge is 0.248 e. The van der Waals surface area contributed by atoms with Crippen molar-refractivity contribution in [3.05, 3.63) is 65.7 Å². The van der Waals surface area contributed by atoms with Crippen LogP contribution in [0, 0.1) is 0 Å². The summed E-state index contributed by atoms with van der Waals surface area (Å²) in [6, 6.07) is 16.9. The predicted octanol–water partition coefficient (Wildman–Crippen LogP) is 1.90. The third kappa shape index (κ3) is 3.56. The second-order valence-electron chi connectivity index (χ2n) is 4.34. The Labute approximate surface area is 112 Å². The number of primary amides is 1. The van der Waals surface area contributed by atoms with Gasteiger partial charge in [-0.25, -0.2) is 0 Å². The van der Waals surface area contributed by atoms with Crippen molar-refractivity contribution in [3.63, 3.8) is 0 Å². The Balaban J connectivity index is 1.93. The highest BCUT2D eigenvalue weighted by Gasteiger charge is 2.05. The molecule has 0 fully saturated rings. The van der Waals surface area contributed by atoms with Gasteiger partial charge in [0.1, 0.15) is 0 Å². The summed E-state index contributed by atoms with van der Waals surface area (Å²) in [7, 11) is 0. The molecule has 0 saturated heterocycles. The van der Waals surface area contributed by atoms with Crippen molar-refractivity contribution in [2.24, 2.45) is 11.5 Å². The van der Waals surface area contributed by atoms with Gasteiger partial charge in [0.15, 0.2) is 0 Å². The van der Waals surface area contributed by atoms with E-state index < -0.39 is 5.91 Å². The standard InChI is InChI=1S/C15H17N3O/c16-14(11-4-2-1-3-5-11)10-18-13-8-6-12(7-9-13)15(17)19/h1-9,14,18H,10,16H2,(H2,17,19). The van der Waals surface area contributed by atoms with Gasteiger partial charge in [0.05, 0.1) is 0 Å². The molecule has 98 valence electrons. The summed E-state index contributed by atoms with van der Waals surface area (Å²) in [5.74, 6) is -0.424. The fraction of sp³-hybridized carbons (Fsp3) is 0.133. The van der Waals surface area contributed by atoms with E-state index in [1.807, 2.05) is 42.5 Å². The Morgan fingerprint density at radius 3 is 2.26 bits per heavy atom. The van der Waals surface area contributed by atoms with Gasteiger partial charge in [-0.3, -0.25) is 4.79 Å². The monoisotopic (exact) mass is 255 g/mol. The van der Waals surface area contributed by atoms with E-state index in [0.717, 1.165) is 11.3 Å². The Hall–Kier alpha value is -2.33. The molecule has 0 bridgehead atoms. The predicted molar refractivity (Wildman–Crippen MR) is 76.8 cm³/mol. The van der Waals surface area contributed by atoms with E-state index in [0.29, 0.717) is 12.1 Å². The van der Waals surface area contributed by atoms with Crippen molar-refractivity contribution in [2.75, 3.05) is 11.9 Å². The van der Waals surface area contributed by atoms with Crippen LogP contribution in [0.5, 0.6) is 0 Å². The number of rotatable bonds is 5. The number of hydrogen-bond donors (Lipinski definition) is 3. The Morgan fingerprint density at radius 2 is 1.68 bits per heavy atom. The van der Waals surface area contributed by atoms with Gasteiger partial charge in [0, 0.05) is 23.8 Å². The minimum atomic E-state index is -0.424. The van der Waals surface area contributed by atoms with Gasteiger partial charge in [-0.1, -0.05) is 30.3 Å². The van der Waals surface area contributed by atoms with Gasteiger partial charge in [-0.15, -0.1) is 0 Å². The molecule has 2 rings (SSSR count). The molecule has 0 heterocycles. The van der Waals surface area contributed by atoms with E-state index in [1.165, 1.54) is 0 Å². The maximum atomic E-state index is 10.9. The second kappa shape index (κ2) is 6.02. The maximum absolute atomic E-state index is 10.9. The first-order valence-corrected chi connectivity index (χ1v) is 6.11. The van der Waals surface area contributed by atoms with Gasteiger partial charge in [0.25, 0.3) is 0 Å². The molecule has 1 atom stereocenters. The largest absolute Gasteiger partial charge is 0.383 e. The highest BCUT2D eigenvalue weighted by Crippen LogP contribution is 2.13. The summed E-state index contributed by atoms with van der Waals surface area (Å²) in [4.78, 5) is 10.9. The second-order valence-corrected chi connectivity index (χ2v) is 4.34. The van der Waals surface area contributed by atoms with Crippen LogP contribution in [0.4, 0.5) is 5.69 Å². The lowest BCUT2D eigenvalue weighted by molar-refractivity contribution is 0.100. The number of nitrogens with two attached hydrogens (primary N) is 2. The van der Waals surface area contributed by atoms with Crippen LogP contribution in [0.15, 0.2) is 54.6 Å². The van der Waals surface area contributed by atoms with Crippen LogP contribution < -0.4 is 16.8 Å². The van der Waals surface area contributed by atoms with Crippen molar-refractivity contribution in [1.29, 1.82) is 0 Å². The third-order valence-corrected chi connectivity index (χ3v) is 2.92. The molecular weight excluding hydrogens is 238 g/mol. The summed E-state index contributed by atoms with van der Waals surface area (Å²) in [5, 5.41) is 3.23. The summed E-state index contributed by atoms with van der Waals surface area (Å²) >= 11 is 0. The lowest BCUT2D eigenvalue weighted by Crippen LogP contribution is -2.20. The average molecular weight is 255 g/mol. The number of benzene rings is 2. The Kier molecular flexibility index (Phi) is 4.15. The number of carbonyl (C=O) groups is 1. The number of amides is 1. The molecule has 2 aromatic rings. The van der Waals surface area contributed by atoms with E-state index in [2.05, 4.69) is 5.32 Å². The number of hydrogen-bond acceptors (Lipinski definition) is 3. The topological polar surface area (TPSA) is 81.1 Å². The zero-order valence-electron chi connectivity index (χ0n) is 10.5. The number of nitrogens with one attached hydrogen (secondary N) is 1. The van der Waals surface area contributed by atoms with Crippen LogP contribution in [-0.4, -0.2) is 12.5 Å². The molecule has 2 aromatic carbocycles. The van der Waals surface area contributed by atoms with E-state index in [4.69, 9.17) is 11.5 Å². The van der Waals surface area contributed by atoms with Crippen molar-refractivity contribution in [2.45, 2.75) is 6.04 Å². The number of anilines is 1. The SMILES string of the molecule is NC(=O)c1ccc(NCC(N)c2ccccc2)cc1. The third-order valence-electron chi connectivity index (χ3n) is 2.92. The molecule has 0 spiro atoms. The summed E-state index contributed by atoms with van der Waals surface area (Å²) < 4.78 is 0. The Bertz CT molecular complexity index is 537. The van der Waals surface area contributed by atoms with Crippen LogP contribution >= 0.6 is 0 Å². The molecule has 0 aliphatic heterocycles. The van der Waals surface area contributed by atoms with Gasteiger partial charge in [-0.2, -0.15) is 0 Å². The molecular formula is C15H17N3O. The van der Waals surface area contributed by atoms with E-state index in [1.54, 1.807) is 12.1 Å². The lowest BCUT2D eigenvalue weighted by atomic mass is 10.1. The minimum Gasteiger partial charge on any atom is -0.383 e. The average Bonchev–Trinajstić information content (AvgIpc) is 2.46. The number of carbonyl (C=O) groups excluding carboxylic acids is 1. The van der Waals surface area contributed by atoms with Crippen LogP contribution in [0.1, 0.15) is 22.0 Å². The lowest BCUT2D eigenvalue weighted by Gasteiger charge is -2.14. The highest BCUT2D eigenvalue weighted by molar-refractivity contribution is 5.93. The van der Waals surface area contributed by atoms with Crippen molar-refractivity contribution >= 4 is 11.6 Å². The van der Waals surface area contributed by atoms with Crippen LogP contribution in [0.3, 0.4) is 0 Å². The maximum Gasteiger partial charge on any atom is 0.248 e. The van der Waals surface area contributed by atoms with E-state index in [-0.39, 0.29) is 6.04 Å². The normalized spacial score (nSPS) is 11.8. The van der Waals surface area contributed by atoms with Crippen molar-refractivity contribution in [1.82, 2.24) is 0 Å². The highest BCUT2D eigenvalue weighted by atomic mass is 16.1. The molecule has 0 aliphatic rings. The summed E-state index contributed by atoms with van der Waals surface area (Å²) in [6.45, 7) is 0.625. The first-order valence-electron chi connectivity index (χ1n) is 6.11. The molecule has 4 heteroatoms. The minimum absolute atomic E-state index is 0.0722. The Morgan fingerprint density at radius 1 is 1.05 bits per heavy atom. The zero-order chi connectivity index (χ0) is 13.7. The first kappa shape index (κ1) is 13.1. The zero-order valence-corrected chi connectivity index (χ0v) is 10.5. The van der Waals surface area contributed by atoms with Crippen LogP contribution in [0.2, 0.25) is 0 Å². The summed E-state index contributed by atoms with van der Waals surface area (Å²) in [6.07, 6.45) is 0. The van der Waals surface area contributed by atoms with E-state index >= 15 is 0 Å². The molecule has 19 heavy (non-hydrogen) atoms. The fourth-order valence-electron chi connectivity index (χ4n) is 1.80. The van der Waals surface area contributed by atoms with Crippen LogP contribution in [-0.2, 0) is 0 Å². The van der Waals surface area contributed by atoms with E-state index in [9.17, 15) is 4.79 Å². The van der Waals surface area contributed by atoms with Crippen molar-refractivity contribution in [3.8, 4) is 0 Å². The molecule has 0 aromatic heterocycles. The van der Waals surface area contributed by atoms with Gasteiger partial charge in [-0.05, 0) is 29.8 Å².